The molecular formula is C24H31N5O. The van der Waals surface area contributed by atoms with E-state index in [9.17, 15) is 0 Å². The molecule has 0 unspecified atom stereocenters. The minimum atomic E-state index is 0.538. The molecule has 2 aromatic carbocycles. The number of rotatable bonds is 9. The quantitative estimate of drug-likeness (QED) is 0.323. The van der Waals surface area contributed by atoms with Gasteiger partial charge in [-0.05, 0) is 49.6 Å². The summed E-state index contributed by atoms with van der Waals surface area (Å²) >= 11 is 0. The Morgan fingerprint density at radius 3 is 2.43 bits per heavy atom. The van der Waals surface area contributed by atoms with E-state index in [1.807, 2.05) is 49.4 Å². The number of nitrogens with zero attached hydrogens (tertiary/aromatic N) is 3. The summed E-state index contributed by atoms with van der Waals surface area (Å²) in [5.74, 6) is 1.67. The third-order valence-electron chi connectivity index (χ3n) is 4.87. The average molecular weight is 406 g/mol. The molecule has 0 atom stereocenters. The number of aromatic nitrogens is 2. The fourth-order valence-corrected chi connectivity index (χ4v) is 3.29. The molecule has 2 N–H and O–H groups in total. The van der Waals surface area contributed by atoms with Crippen molar-refractivity contribution in [2.75, 3.05) is 13.6 Å². The van der Waals surface area contributed by atoms with Crippen LogP contribution in [0.25, 0.3) is 0 Å². The van der Waals surface area contributed by atoms with E-state index in [2.05, 4.69) is 50.5 Å². The first-order valence-electron chi connectivity index (χ1n) is 10.4. The molecule has 0 spiro atoms. The van der Waals surface area contributed by atoms with Gasteiger partial charge in [0.25, 0.3) is 0 Å². The van der Waals surface area contributed by atoms with Crippen molar-refractivity contribution in [2.24, 2.45) is 4.99 Å². The van der Waals surface area contributed by atoms with Gasteiger partial charge in [-0.15, -0.1) is 0 Å². The van der Waals surface area contributed by atoms with Crippen LogP contribution in [-0.2, 0) is 19.7 Å². The van der Waals surface area contributed by atoms with E-state index in [0.717, 1.165) is 42.5 Å². The largest absolute Gasteiger partial charge is 0.489 e. The van der Waals surface area contributed by atoms with Crippen molar-refractivity contribution >= 4 is 5.96 Å². The fourth-order valence-electron chi connectivity index (χ4n) is 3.29. The van der Waals surface area contributed by atoms with Crippen molar-refractivity contribution in [1.29, 1.82) is 0 Å². The van der Waals surface area contributed by atoms with Crippen LogP contribution in [0.2, 0.25) is 0 Å². The zero-order valence-corrected chi connectivity index (χ0v) is 18.1. The number of nitrogens with one attached hydrogen (secondary N) is 2. The van der Waals surface area contributed by atoms with Gasteiger partial charge in [0, 0.05) is 32.4 Å². The fraction of sp³-hybridized carbons (Fsp3) is 0.333. The maximum absolute atomic E-state index is 5.92. The van der Waals surface area contributed by atoms with Crippen LogP contribution < -0.4 is 15.4 Å². The number of hydrogen-bond acceptors (Lipinski definition) is 3. The number of benzene rings is 2. The van der Waals surface area contributed by atoms with E-state index in [-0.39, 0.29) is 0 Å². The molecule has 0 radical (unpaired) electrons. The summed E-state index contributed by atoms with van der Waals surface area (Å²) in [6, 6.07) is 20.3. The standard InChI is InChI=1S/C24H31N5O/c1-19-16-20(2)29(28-19)15-9-14-26-24(25-3)27-17-21-10-7-8-11-22(21)18-30-23-12-5-4-6-13-23/h4-8,10-13,16H,9,14-15,17-18H2,1-3H3,(H2,25,26,27). The first kappa shape index (κ1) is 21.4. The van der Waals surface area contributed by atoms with E-state index in [4.69, 9.17) is 4.74 Å². The van der Waals surface area contributed by atoms with Crippen LogP contribution in [0, 0.1) is 13.8 Å². The minimum Gasteiger partial charge on any atom is -0.489 e. The van der Waals surface area contributed by atoms with Gasteiger partial charge in [0.1, 0.15) is 12.4 Å². The third kappa shape index (κ3) is 6.37. The molecule has 0 aliphatic heterocycles. The Morgan fingerprint density at radius 2 is 1.73 bits per heavy atom. The molecule has 6 heteroatoms. The molecule has 158 valence electrons. The molecule has 1 aromatic heterocycles. The predicted molar refractivity (Wildman–Crippen MR) is 122 cm³/mol. The van der Waals surface area contributed by atoms with E-state index >= 15 is 0 Å². The van der Waals surface area contributed by atoms with Crippen LogP contribution in [0.15, 0.2) is 65.7 Å². The van der Waals surface area contributed by atoms with Crippen molar-refractivity contribution in [3.8, 4) is 5.75 Å². The van der Waals surface area contributed by atoms with Crippen LogP contribution in [0.3, 0.4) is 0 Å². The Morgan fingerprint density at radius 1 is 1.00 bits per heavy atom. The normalized spacial score (nSPS) is 11.4. The molecule has 0 saturated heterocycles. The topological polar surface area (TPSA) is 63.5 Å². The van der Waals surface area contributed by atoms with Gasteiger partial charge >= 0.3 is 0 Å². The van der Waals surface area contributed by atoms with Gasteiger partial charge in [0.2, 0.25) is 0 Å². The van der Waals surface area contributed by atoms with Crippen LogP contribution in [0.5, 0.6) is 5.75 Å². The lowest BCUT2D eigenvalue weighted by Crippen LogP contribution is -2.37. The van der Waals surface area contributed by atoms with Crippen LogP contribution >= 0.6 is 0 Å². The number of guanidine groups is 1. The van der Waals surface area contributed by atoms with Crippen molar-refractivity contribution < 1.29 is 4.74 Å². The summed E-state index contributed by atoms with van der Waals surface area (Å²) in [4.78, 5) is 4.33. The van der Waals surface area contributed by atoms with Gasteiger partial charge < -0.3 is 15.4 Å². The number of para-hydroxylation sites is 1. The Labute approximate surface area is 179 Å². The van der Waals surface area contributed by atoms with Gasteiger partial charge in [-0.1, -0.05) is 42.5 Å². The maximum atomic E-state index is 5.92. The molecular weight excluding hydrogens is 374 g/mol. The maximum Gasteiger partial charge on any atom is 0.191 e. The van der Waals surface area contributed by atoms with Crippen LogP contribution in [0.1, 0.15) is 28.9 Å². The van der Waals surface area contributed by atoms with Crippen molar-refractivity contribution in [3.63, 3.8) is 0 Å². The second-order valence-corrected chi connectivity index (χ2v) is 7.23. The summed E-state index contributed by atoms with van der Waals surface area (Å²) in [6.07, 6.45) is 0.976. The Bertz CT molecular complexity index is 949. The van der Waals surface area contributed by atoms with Gasteiger partial charge in [0.15, 0.2) is 5.96 Å². The van der Waals surface area contributed by atoms with E-state index < -0.39 is 0 Å². The Kier molecular flexibility index (Phi) is 7.89. The zero-order valence-electron chi connectivity index (χ0n) is 18.1. The molecule has 0 bridgehead atoms. The monoisotopic (exact) mass is 405 g/mol. The van der Waals surface area contributed by atoms with Crippen LogP contribution in [-0.4, -0.2) is 29.3 Å². The van der Waals surface area contributed by atoms with Crippen LogP contribution in [0.4, 0.5) is 0 Å². The zero-order chi connectivity index (χ0) is 21.2. The van der Waals surface area contributed by atoms with Gasteiger partial charge in [-0.3, -0.25) is 9.67 Å². The smallest absolute Gasteiger partial charge is 0.191 e. The molecule has 0 aliphatic carbocycles. The summed E-state index contributed by atoms with van der Waals surface area (Å²) < 4.78 is 7.97. The molecule has 0 saturated carbocycles. The van der Waals surface area contributed by atoms with E-state index in [1.165, 1.54) is 11.3 Å². The highest BCUT2D eigenvalue weighted by atomic mass is 16.5. The molecule has 3 aromatic rings. The SMILES string of the molecule is CN=C(NCCCn1nc(C)cc1C)NCc1ccccc1COc1ccccc1. The van der Waals surface area contributed by atoms with Gasteiger partial charge in [-0.2, -0.15) is 5.10 Å². The number of aryl methyl sites for hydroxylation is 3. The summed E-state index contributed by atoms with van der Waals surface area (Å²) in [6.45, 7) is 7.06. The van der Waals surface area contributed by atoms with Crippen molar-refractivity contribution in [2.45, 2.75) is 40.0 Å². The minimum absolute atomic E-state index is 0.538. The lowest BCUT2D eigenvalue weighted by Gasteiger charge is -2.15. The number of hydrogen-bond donors (Lipinski definition) is 2. The van der Waals surface area contributed by atoms with Crippen molar-refractivity contribution in [3.05, 3.63) is 83.2 Å². The lowest BCUT2D eigenvalue weighted by atomic mass is 10.1. The number of ether oxygens (including phenoxy) is 1. The second kappa shape index (κ2) is 11.0. The predicted octanol–water partition coefficient (Wildman–Crippen LogP) is 3.83. The number of aliphatic imine (C=N–C) groups is 1. The van der Waals surface area contributed by atoms with Crippen molar-refractivity contribution in [1.82, 2.24) is 20.4 Å². The van der Waals surface area contributed by atoms with Gasteiger partial charge in [0.05, 0.1) is 5.69 Å². The highest BCUT2D eigenvalue weighted by Crippen LogP contribution is 2.14. The Hall–Kier alpha value is -3.28. The first-order chi connectivity index (χ1) is 14.7. The van der Waals surface area contributed by atoms with E-state index in [1.54, 1.807) is 7.05 Å². The lowest BCUT2D eigenvalue weighted by molar-refractivity contribution is 0.305. The molecule has 0 amide bonds. The molecule has 0 aliphatic rings. The molecule has 6 nitrogen and oxygen atoms in total. The Balaban J connectivity index is 1.46. The first-order valence-corrected chi connectivity index (χ1v) is 10.4. The second-order valence-electron chi connectivity index (χ2n) is 7.23. The van der Waals surface area contributed by atoms with Gasteiger partial charge in [-0.25, -0.2) is 0 Å². The summed E-state index contributed by atoms with van der Waals surface area (Å²) in [7, 11) is 1.79. The summed E-state index contributed by atoms with van der Waals surface area (Å²) in [5, 5.41) is 11.3. The third-order valence-corrected chi connectivity index (χ3v) is 4.87. The molecule has 1 heterocycles. The highest BCUT2D eigenvalue weighted by Gasteiger charge is 2.05. The molecule has 0 fully saturated rings. The molecule has 30 heavy (non-hydrogen) atoms. The molecule has 3 rings (SSSR count). The average Bonchev–Trinajstić information content (AvgIpc) is 3.10. The van der Waals surface area contributed by atoms with E-state index in [0.29, 0.717) is 13.2 Å². The highest BCUT2D eigenvalue weighted by molar-refractivity contribution is 5.79. The summed E-state index contributed by atoms with van der Waals surface area (Å²) in [5.41, 5.74) is 4.62.